The Kier molecular flexibility index (Phi) is 5.20. The zero-order valence-electron chi connectivity index (χ0n) is 12.9. The third-order valence-corrected chi connectivity index (χ3v) is 3.59. The first-order valence-electron chi connectivity index (χ1n) is 7.32. The van der Waals surface area contributed by atoms with E-state index in [1.54, 1.807) is 19.9 Å². The van der Waals surface area contributed by atoms with E-state index >= 15 is 0 Å². The summed E-state index contributed by atoms with van der Waals surface area (Å²) in [5.41, 5.74) is 0. The molecule has 1 aliphatic rings. The summed E-state index contributed by atoms with van der Waals surface area (Å²) in [6, 6.07) is 3.11. The van der Waals surface area contributed by atoms with Crippen molar-refractivity contribution in [1.29, 1.82) is 0 Å². The van der Waals surface area contributed by atoms with Crippen LogP contribution in [-0.2, 0) is 23.9 Å². The zero-order chi connectivity index (χ0) is 17.0. The highest BCUT2D eigenvalue weighted by Gasteiger charge is 2.50. The van der Waals surface area contributed by atoms with E-state index in [0.717, 1.165) is 6.08 Å². The summed E-state index contributed by atoms with van der Waals surface area (Å²) >= 11 is 0. The Labute approximate surface area is 132 Å². The number of esters is 2. The first-order chi connectivity index (χ1) is 11.0. The van der Waals surface area contributed by atoms with Crippen LogP contribution in [0.2, 0.25) is 0 Å². The van der Waals surface area contributed by atoms with Crippen molar-refractivity contribution in [2.24, 2.45) is 11.8 Å². The normalized spacial score (nSPS) is 24.0. The summed E-state index contributed by atoms with van der Waals surface area (Å²) in [5.74, 6) is -5.84. The lowest BCUT2D eigenvalue weighted by Gasteiger charge is -2.31. The molecule has 7 nitrogen and oxygen atoms in total. The number of ketones is 1. The van der Waals surface area contributed by atoms with Gasteiger partial charge in [-0.1, -0.05) is 0 Å². The number of ether oxygens (including phenoxy) is 2. The number of hydrogen-bond donors (Lipinski definition) is 1. The van der Waals surface area contributed by atoms with Crippen molar-refractivity contribution in [3.05, 3.63) is 36.0 Å². The lowest BCUT2D eigenvalue weighted by Crippen LogP contribution is -2.42. The Hall–Kier alpha value is -2.57. The maximum atomic E-state index is 12.2. The molecule has 1 N–H and O–H groups in total. The van der Waals surface area contributed by atoms with Gasteiger partial charge in [0.1, 0.15) is 23.4 Å². The van der Waals surface area contributed by atoms with E-state index in [-0.39, 0.29) is 19.0 Å². The van der Waals surface area contributed by atoms with Crippen LogP contribution >= 0.6 is 0 Å². The highest BCUT2D eigenvalue weighted by atomic mass is 16.5. The molecule has 0 saturated heterocycles. The molecule has 0 aliphatic heterocycles. The summed E-state index contributed by atoms with van der Waals surface area (Å²) in [6.45, 7) is 3.43. The van der Waals surface area contributed by atoms with Crippen LogP contribution in [-0.4, -0.2) is 36.0 Å². The van der Waals surface area contributed by atoms with Gasteiger partial charge < -0.3 is 19.0 Å². The van der Waals surface area contributed by atoms with Gasteiger partial charge in [0.05, 0.1) is 25.4 Å². The average Bonchev–Trinajstić information content (AvgIpc) is 3.00. The lowest BCUT2D eigenvalue weighted by molar-refractivity contribution is -0.156. The van der Waals surface area contributed by atoms with E-state index in [1.807, 2.05) is 0 Å². The molecule has 0 unspecified atom stereocenters. The van der Waals surface area contributed by atoms with E-state index in [4.69, 9.17) is 13.9 Å². The third-order valence-electron chi connectivity index (χ3n) is 3.59. The van der Waals surface area contributed by atoms with Crippen LogP contribution in [0.25, 0.3) is 0 Å². The molecule has 1 aromatic heterocycles. The van der Waals surface area contributed by atoms with Crippen LogP contribution in [0.4, 0.5) is 0 Å². The standard InChI is InChI=1S/C16H18O7/c1-3-21-15(19)12-9(17)8-10(18)13(16(20)22-4-2)14(12)11-6-5-7-23-11/h5-8,12-14,17H,3-4H2,1-2H3/t12-,13-,14-/m1/s1. The Morgan fingerprint density at radius 1 is 1.17 bits per heavy atom. The van der Waals surface area contributed by atoms with Crippen molar-refractivity contribution < 1.29 is 33.4 Å². The van der Waals surface area contributed by atoms with E-state index < -0.39 is 41.2 Å². The molecule has 23 heavy (non-hydrogen) atoms. The molecule has 0 aromatic carbocycles. The highest BCUT2D eigenvalue weighted by molar-refractivity contribution is 6.08. The Morgan fingerprint density at radius 3 is 2.30 bits per heavy atom. The minimum absolute atomic E-state index is 0.0905. The molecule has 0 bridgehead atoms. The molecule has 7 heteroatoms. The monoisotopic (exact) mass is 322 g/mol. The maximum absolute atomic E-state index is 12.2. The van der Waals surface area contributed by atoms with Gasteiger partial charge in [-0.2, -0.15) is 0 Å². The van der Waals surface area contributed by atoms with Crippen LogP contribution in [0.3, 0.4) is 0 Å². The van der Waals surface area contributed by atoms with Crippen molar-refractivity contribution in [2.45, 2.75) is 19.8 Å². The summed E-state index contributed by atoms with van der Waals surface area (Å²) in [6.07, 6.45) is 2.24. The number of carbonyl (C=O) groups is 3. The molecule has 124 valence electrons. The fraction of sp³-hybridized carbons (Fsp3) is 0.438. The molecule has 0 radical (unpaired) electrons. The van der Waals surface area contributed by atoms with Gasteiger partial charge in [-0.25, -0.2) is 0 Å². The predicted molar refractivity (Wildman–Crippen MR) is 77.4 cm³/mol. The van der Waals surface area contributed by atoms with Gasteiger partial charge in [-0.05, 0) is 26.0 Å². The fourth-order valence-electron chi connectivity index (χ4n) is 2.68. The molecule has 1 aliphatic carbocycles. The fourth-order valence-corrected chi connectivity index (χ4v) is 2.68. The van der Waals surface area contributed by atoms with Gasteiger partial charge in [-0.3, -0.25) is 14.4 Å². The van der Waals surface area contributed by atoms with Crippen molar-refractivity contribution in [1.82, 2.24) is 0 Å². The number of aliphatic hydroxyl groups is 1. The summed E-state index contributed by atoms with van der Waals surface area (Å²) in [5, 5.41) is 10.1. The second-order valence-electron chi connectivity index (χ2n) is 4.97. The molecular weight excluding hydrogens is 304 g/mol. The largest absolute Gasteiger partial charge is 0.511 e. The second kappa shape index (κ2) is 7.13. The molecule has 0 fully saturated rings. The number of allylic oxidation sites excluding steroid dienone is 1. The molecule has 0 saturated carbocycles. The van der Waals surface area contributed by atoms with E-state index in [1.165, 1.54) is 12.3 Å². The molecule has 3 atom stereocenters. The molecule has 0 spiro atoms. The first-order valence-corrected chi connectivity index (χ1v) is 7.32. The van der Waals surface area contributed by atoms with Crippen molar-refractivity contribution in [3.63, 3.8) is 0 Å². The van der Waals surface area contributed by atoms with Crippen molar-refractivity contribution in [2.75, 3.05) is 13.2 Å². The molecule has 1 heterocycles. The number of carbonyl (C=O) groups excluding carboxylic acids is 3. The van der Waals surface area contributed by atoms with Crippen LogP contribution in [0.5, 0.6) is 0 Å². The predicted octanol–water partition coefficient (Wildman–Crippen LogP) is 1.75. The summed E-state index contributed by atoms with van der Waals surface area (Å²) < 4.78 is 15.2. The zero-order valence-corrected chi connectivity index (χ0v) is 12.9. The van der Waals surface area contributed by atoms with Gasteiger partial charge in [0.15, 0.2) is 5.78 Å². The Balaban J connectivity index is 2.50. The SMILES string of the molecule is CCOC(=O)[C@@H]1C(O)=CC(=O)[C@@H](C(=O)OCC)[C@@H]1c1ccco1. The minimum atomic E-state index is -1.27. The van der Waals surface area contributed by atoms with Gasteiger partial charge in [0, 0.05) is 6.08 Å². The summed E-state index contributed by atoms with van der Waals surface area (Å²) in [7, 11) is 0. The van der Waals surface area contributed by atoms with E-state index in [9.17, 15) is 19.5 Å². The van der Waals surface area contributed by atoms with E-state index in [2.05, 4.69) is 0 Å². The van der Waals surface area contributed by atoms with Crippen molar-refractivity contribution >= 4 is 17.7 Å². The average molecular weight is 322 g/mol. The van der Waals surface area contributed by atoms with E-state index in [0.29, 0.717) is 0 Å². The molecular formula is C16H18O7. The van der Waals surface area contributed by atoms with Crippen molar-refractivity contribution in [3.8, 4) is 0 Å². The van der Waals surface area contributed by atoms with Gasteiger partial charge in [0.2, 0.25) is 0 Å². The number of furan rings is 1. The van der Waals surface area contributed by atoms with Crippen LogP contribution in [0.15, 0.2) is 34.6 Å². The number of rotatable bonds is 5. The van der Waals surface area contributed by atoms with Crippen LogP contribution in [0.1, 0.15) is 25.5 Å². The van der Waals surface area contributed by atoms with Crippen LogP contribution in [0, 0.1) is 11.8 Å². The quantitative estimate of drug-likeness (QED) is 0.650. The Bertz CT molecular complexity index is 614. The molecule has 2 rings (SSSR count). The highest BCUT2D eigenvalue weighted by Crippen LogP contribution is 2.41. The maximum Gasteiger partial charge on any atom is 0.317 e. The summed E-state index contributed by atoms with van der Waals surface area (Å²) in [4.78, 5) is 36.6. The number of aliphatic hydroxyl groups excluding tert-OH is 1. The second-order valence-corrected chi connectivity index (χ2v) is 4.97. The lowest BCUT2D eigenvalue weighted by atomic mass is 9.72. The van der Waals surface area contributed by atoms with Crippen LogP contribution < -0.4 is 0 Å². The van der Waals surface area contributed by atoms with Gasteiger partial charge >= 0.3 is 11.9 Å². The van der Waals surface area contributed by atoms with Gasteiger partial charge in [-0.15, -0.1) is 0 Å². The number of hydrogen-bond acceptors (Lipinski definition) is 7. The Morgan fingerprint density at radius 2 is 1.78 bits per heavy atom. The third kappa shape index (κ3) is 3.28. The minimum Gasteiger partial charge on any atom is -0.511 e. The first kappa shape index (κ1) is 16.8. The molecule has 0 amide bonds. The smallest absolute Gasteiger partial charge is 0.317 e. The van der Waals surface area contributed by atoms with Gasteiger partial charge in [0.25, 0.3) is 0 Å². The topological polar surface area (TPSA) is 103 Å². The molecule has 1 aromatic rings.